The van der Waals surface area contributed by atoms with Crippen molar-refractivity contribution in [3.8, 4) is 56.4 Å². The van der Waals surface area contributed by atoms with E-state index in [4.69, 9.17) is 14.1 Å². The molecule has 0 aliphatic rings. The number of hydrogen-bond donors (Lipinski definition) is 0. The van der Waals surface area contributed by atoms with Gasteiger partial charge in [-0.3, -0.25) is 0 Å². The average Bonchev–Trinajstić information content (AvgIpc) is 3.89. The summed E-state index contributed by atoms with van der Waals surface area (Å²) < 4.78 is 22.3. The van der Waals surface area contributed by atoms with Crippen molar-refractivity contribution in [3.63, 3.8) is 0 Å². The van der Waals surface area contributed by atoms with E-state index in [2.05, 4.69) is 266 Å². The van der Waals surface area contributed by atoms with Gasteiger partial charge in [-0.2, -0.15) is 0 Å². The average molecular weight is 1100 g/mol. The van der Waals surface area contributed by atoms with Gasteiger partial charge in [0.05, 0.1) is 0 Å². The first-order valence-electron chi connectivity index (χ1n) is 23.9. The monoisotopic (exact) mass is 1100 g/mol. The molecule has 0 aliphatic heterocycles. The third-order valence-corrected chi connectivity index (χ3v) is 14.8. The number of nitrogens with zero attached hydrogens (tertiary/aromatic N) is 4. The van der Waals surface area contributed by atoms with Crippen LogP contribution in [-0.2, 0) is 24.8 Å². The number of hydrogen-bond acceptors (Lipinski definition) is 3. The molecule has 7 heteroatoms. The van der Waals surface area contributed by atoms with Gasteiger partial charge in [-0.15, -0.1) is 0 Å². The summed E-state index contributed by atoms with van der Waals surface area (Å²) >= 11 is 2.53. The molecule has 4 heterocycles. The van der Waals surface area contributed by atoms with E-state index in [0.29, 0.717) is 17.1 Å². The third kappa shape index (κ3) is 7.20. The van der Waals surface area contributed by atoms with Crippen molar-refractivity contribution in [2.45, 2.75) is 26.2 Å². The van der Waals surface area contributed by atoms with Crippen molar-refractivity contribution in [2.24, 2.45) is 0 Å². The van der Waals surface area contributed by atoms with Gasteiger partial charge in [0.2, 0.25) is 0 Å². The SMILES string of the molecule is CC(C)(C)c1ccnc(-n2c3ccccc3c3ccc(Oc4ccc5oc6c(-c7ccccc7)cccc6c6cccc7c6n([c](=[Pt])n7-c6c(-c7ccccc7)cccc6-c6ccccc6)c5c4)cc32)c1. The molecule has 0 unspecified atom stereocenters. The molecule has 6 nitrogen and oxygen atoms in total. The third-order valence-electron chi connectivity index (χ3n) is 13.7. The van der Waals surface area contributed by atoms with E-state index in [0.717, 1.165) is 103 Å². The molecule has 0 N–H and O–H groups in total. The van der Waals surface area contributed by atoms with E-state index in [-0.39, 0.29) is 5.41 Å². The van der Waals surface area contributed by atoms with Crippen LogP contribution in [0.15, 0.2) is 229 Å². The van der Waals surface area contributed by atoms with Gasteiger partial charge in [-0.05, 0) is 17.0 Å². The number of para-hydroxylation sites is 4. The summed E-state index contributed by atoms with van der Waals surface area (Å²) in [6, 6.07) is 77.1. The zero-order chi connectivity index (χ0) is 47.8. The van der Waals surface area contributed by atoms with Crippen LogP contribution >= 0.6 is 0 Å². The van der Waals surface area contributed by atoms with E-state index in [1.54, 1.807) is 0 Å². The minimum atomic E-state index is -0.0393. The molecule has 9 aromatic carbocycles. The predicted molar refractivity (Wildman–Crippen MR) is 287 cm³/mol. The normalized spacial score (nSPS) is 12.0. The Morgan fingerprint density at radius 1 is 0.465 bits per heavy atom. The van der Waals surface area contributed by atoms with Gasteiger partial charge < -0.3 is 0 Å². The zero-order valence-corrected chi connectivity index (χ0v) is 41.6. The molecule has 0 saturated heterocycles. The van der Waals surface area contributed by atoms with Crippen LogP contribution in [0.25, 0.3) is 105 Å². The molecule has 0 bridgehead atoms. The van der Waals surface area contributed by atoms with Gasteiger partial charge in [0.25, 0.3) is 0 Å². The van der Waals surface area contributed by atoms with Crippen molar-refractivity contribution >= 4 is 60.3 Å². The van der Waals surface area contributed by atoms with E-state index < -0.39 is 0 Å². The summed E-state index contributed by atoms with van der Waals surface area (Å²) in [5.74, 6) is 2.26. The van der Waals surface area contributed by atoms with Crippen molar-refractivity contribution in [3.05, 3.63) is 234 Å². The fourth-order valence-corrected chi connectivity index (χ4v) is 11.4. The number of aromatic nitrogens is 4. The van der Waals surface area contributed by atoms with Crippen LogP contribution in [0.5, 0.6) is 11.5 Å². The number of ether oxygens (including phenoxy) is 1. The summed E-state index contributed by atoms with van der Waals surface area (Å²) in [4.78, 5) is 4.93. The van der Waals surface area contributed by atoms with Gasteiger partial charge in [0.1, 0.15) is 0 Å². The van der Waals surface area contributed by atoms with Crippen LogP contribution in [0.4, 0.5) is 0 Å². The molecule has 0 amide bonds. The van der Waals surface area contributed by atoms with Crippen molar-refractivity contribution < 1.29 is 28.5 Å². The Morgan fingerprint density at radius 3 is 1.72 bits per heavy atom. The van der Waals surface area contributed by atoms with Crippen LogP contribution in [0.1, 0.15) is 26.3 Å². The van der Waals surface area contributed by atoms with Crippen LogP contribution in [-0.4, -0.2) is 18.5 Å². The zero-order valence-electron chi connectivity index (χ0n) is 39.3. The van der Waals surface area contributed by atoms with Crippen LogP contribution in [0, 0.1) is 3.80 Å². The Morgan fingerprint density at radius 2 is 1.01 bits per heavy atom. The Kier molecular flexibility index (Phi) is 10.2. The number of imidazole rings is 1. The quantitative estimate of drug-likeness (QED) is 0.160. The van der Waals surface area contributed by atoms with Crippen LogP contribution in [0.2, 0.25) is 0 Å². The summed E-state index contributed by atoms with van der Waals surface area (Å²) in [6.45, 7) is 6.71. The van der Waals surface area contributed by atoms with Crippen LogP contribution in [0.3, 0.4) is 0 Å². The molecular weight excluding hydrogens is 1050 g/mol. The Labute approximate surface area is 421 Å². The van der Waals surface area contributed by atoms with Crippen molar-refractivity contribution in [2.75, 3.05) is 0 Å². The second-order valence-electron chi connectivity index (χ2n) is 19.1. The Balaban J connectivity index is 1.10. The fourth-order valence-electron chi connectivity index (χ4n) is 10.4. The Bertz CT molecular complexity index is 4250. The summed E-state index contributed by atoms with van der Waals surface area (Å²) in [6.07, 6.45) is 1.92. The number of pyridine rings is 1. The topological polar surface area (TPSA) is 49.5 Å². The molecule has 13 rings (SSSR count). The number of benzene rings is 9. The second-order valence-corrected chi connectivity index (χ2v) is 20.1. The minimum absolute atomic E-state index is 0.0393. The first kappa shape index (κ1) is 42.8. The standard InChI is InChI=1S/C64H46N4O2.Pt/c1-64(2,3)45-36-37-65-60(38-45)68-55-30-14-13-24-51(55)52-34-32-46(39-57(52)68)69-47-33-35-59-58(40-47)67-41-66(61-48(42-18-7-4-8-19-42)25-15-26-49(61)43-20-9-5-10-21-43)56-31-17-28-53(62(56)67)54-29-16-27-50(63(54)70-59)44-22-11-6-12-23-44;/h4-40H,1-3H3;. The van der Waals surface area contributed by atoms with Gasteiger partial charge in [0, 0.05) is 6.20 Å². The van der Waals surface area contributed by atoms with E-state index in [9.17, 15) is 0 Å². The molecule has 13 aromatic rings. The molecule has 0 aliphatic carbocycles. The van der Waals surface area contributed by atoms with Crippen molar-refractivity contribution in [1.29, 1.82) is 0 Å². The van der Waals surface area contributed by atoms with Gasteiger partial charge >= 0.3 is 368 Å². The molecule has 0 atom stereocenters. The first-order valence-corrected chi connectivity index (χ1v) is 25.1. The van der Waals surface area contributed by atoms with Gasteiger partial charge in [-0.1, -0.05) is 32.9 Å². The molecule has 344 valence electrons. The van der Waals surface area contributed by atoms with E-state index in [1.807, 2.05) is 12.3 Å². The first-order chi connectivity index (χ1) is 34.8. The molecule has 0 spiro atoms. The summed E-state index contributed by atoms with van der Waals surface area (Å²) in [7, 11) is 0. The number of rotatable bonds is 7. The van der Waals surface area contributed by atoms with Crippen molar-refractivity contribution in [1.82, 2.24) is 18.5 Å². The van der Waals surface area contributed by atoms with Crippen LogP contribution < -0.4 is 4.74 Å². The van der Waals surface area contributed by atoms with E-state index in [1.165, 1.54) is 5.56 Å². The molecule has 71 heavy (non-hydrogen) atoms. The molecule has 0 saturated carbocycles. The second kappa shape index (κ2) is 17.0. The Hall–Kier alpha value is -8.31. The fraction of sp³-hybridized carbons (Fsp3) is 0.0625. The van der Waals surface area contributed by atoms with Gasteiger partial charge in [-0.25, -0.2) is 0 Å². The molecular formula is C64H46N4O2Pt. The molecule has 0 fully saturated rings. The summed E-state index contributed by atoms with van der Waals surface area (Å²) in [5, 5.41) is 4.36. The molecule has 0 radical (unpaired) electrons. The van der Waals surface area contributed by atoms with E-state index >= 15 is 0 Å². The maximum atomic E-state index is 7.31. The summed E-state index contributed by atoms with van der Waals surface area (Å²) in [5.41, 5.74) is 15.5. The predicted octanol–water partition coefficient (Wildman–Crippen LogP) is 17.0. The molecule has 4 aromatic heterocycles. The number of fused-ring (bicyclic) bond motifs is 7. The van der Waals surface area contributed by atoms with Gasteiger partial charge in [0.15, 0.2) is 0 Å². The maximum absolute atomic E-state index is 7.31.